The standard InChI is InChI=1S/C24H24F6N2O3S/c1-2-36(34,35)31-22-20(32(12-24(22,29)30)23(33)15-8-16(25)9-15)10-13-4-3-5-19(21(13)28)14-6-17(26)11-18(27)7-14/h3-7,11,15-16,20,22,31H,2,8-10,12H2,1H3/t15-,16+,20-,22+/m0/s1. The van der Waals surface area contributed by atoms with E-state index in [-0.39, 0.29) is 29.5 Å². The van der Waals surface area contributed by atoms with Crippen molar-refractivity contribution >= 4 is 15.9 Å². The fourth-order valence-electron chi connectivity index (χ4n) is 4.69. The molecule has 0 aromatic heterocycles. The molecular weight excluding hydrogens is 510 g/mol. The first-order valence-electron chi connectivity index (χ1n) is 11.4. The first kappa shape index (κ1) is 26.5. The fourth-order valence-corrected chi connectivity index (χ4v) is 5.58. The van der Waals surface area contributed by atoms with E-state index in [0.29, 0.717) is 6.07 Å². The molecule has 1 aliphatic heterocycles. The normalized spacial score (nSPS) is 25.6. The minimum atomic E-state index is -4.14. The van der Waals surface area contributed by atoms with Crippen LogP contribution in [0.3, 0.4) is 0 Å². The quantitative estimate of drug-likeness (QED) is 0.542. The van der Waals surface area contributed by atoms with Gasteiger partial charge < -0.3 is 4.90 Å². The molecule has 5 nitrogen and oxygen atoms in total. The average Bonchev–Trinajstić information content (AvgIpc) is 3.01. The number of hydrogen-bond acceptors (Lipinski definition) is 3. The number of carbonyl (C=O) groups excluding carboxylic acids is 1. The summed E-state index contributed by atoms with van der Waals surface area (Å²) in [5, 5.41) is 0. The fraction of sp³-hybridized carbons (Fsp3) is 0.458. The third-order valence-corrected chi connectivity index (χ3v) is 8.08. The van der Waals surface area contributed by atoms with Crippen molar-refractivity contribution in [3.8, 4) is 11.1 Å². The van der Waals surface area contributed by atoms with Crippen molar-refractivity contribution in [2.24, 2.45) is 5.92 Å². The summed E-state index contributed by atoms with van der Waals surface area (Å²) in [5.74, 6) is -8.59. The van der Waals surface area contributed by atoms with Crippen LogP contribution in [0.4, 0.5) is 26.3 Å². The Hall–Kier alpha value is -2.60. The minimum absolute atomic E-state index is 0.122. The van der Waals surface area contributed by atoms with Gasteiger partial charge in [0.25, 0.3) is 5.92 Å². The number of halogens is 6. The third kappa shape index (κ3) is 5.24. The average molecular weight is 535 g/mol. The Kier molecular flexibility index (Phi) is 7.13. The summed E-state index contributed by atoms with van der Waals surface area (Å²) >= 11 is 0. The molecule has 0 unspecified atom stereocenters. The molecule has 0 bridgehead atoms. The van der Waals surface area contributed by atoms with Crippen molar-refractivity contribution in [2.75, 3.05) is 12.3 Å². The second kappa shape index (κ2) is 9.70. The number of benzene rings is 2. The highest BCUT2D eigenvalue weighted by molar-refractivity contribution is 7.89. The molecule has 1 amide bonds. The van der Waals surface area contributed by atoms with Crippen LogP contribution in [0, 0.1) is 23.4 Å². The molecule has 2 fully saturated rings. The van der Waals surface area contributed by atoms with Crippen molar-refractivity contribution < 1.29 is 39.6 Å². The molecule has 1 heterocycles. The molecule has 2 aromatic carbocycles. The Bertz CT molecular complexity index is 1250. The van der Waals surface area contributed by atoms with Crippen LogP contribution < -0.4 is 4.72 Å². The molecule has 1 saturated carbocycles. The maximum Gasteiger partial charge on any atom is 0.283 e. The SMILES string of the molecule is CCS(=O)(=O)N[C@@H]1[C@H](Cc2cccc(-c3cc(F)cc(F)c3)c2F)N(C(=O)[C@H]2C[C@@H](F)C2)CC1(F)F. The number of carbonyl (C=O) groups is 1. The molecule has 2 aromatic rings. The lowest BCUT2D eigenvalue weighted by Crippen LogP contribution is -2.53. The van der Waals surface area contributed by atoms with E-state index in [1.54, 1.807) is 0 Å². The molecule has 0 spiro atoms. The van der Waals surface area contributed by atoms with Crippen molar-refractivity contribution in [1.82, 2.24) is 9.62 Å². The lowest BCUT2D eigenvalue weighted by Gasteiger charge is -2.35. The first-order chi connectivity index (χ1) is 16.8. The van der Waals surface area contributed by atoms with Gasteiger partial charge >= 0.3 is 0 Å². The second-order valence-corrected chi connectivity index (χ2v) is 11.2. The van der Waals surface area contributed by atoms with Crippen LogP contribution >= 0.6 is 0 Å². The summed E-state index contributed by atoms with van der Waals surface area (Å²) in [6.45, 7) is 0.141. The molecule has 1 N–H and O–H groups in total. The van der Waals surface area contributed by atoms with Gasteiger partial charge in [-0.15, -0.1) is 0 Å². The van der Waals surface area contributed by atoms with Gasteiger partial charge in [-0.05, 0) is 49.4 Å². The zero-order valence-corrected chi connectivity index (χ0v) is 20.0. The van der Waals surface area contributed by atoms with Gasteiger partial charge in [0.15, 0.2) is 0 Å². The van der Waals surface area contributed by atoms with E-state index < -0.39 is 82.2 Å². The molecule has 36 heavy (non-hydrogen) atoms. The van der Waals surface area contributed by atoms with Crippen LogP contribution in [-0.2, 0) is 21.2 Å². The summed E-state index contributed by atoms with van der Waals surface area (Å²) < 4.78 is 113. The van der Waals surface area contributed by atoms with E-state index >= 15 is 13.2 Å². The van der Waals surface area contributed by atoms with E-state index in [9.17, 15) is 26.4 Å². The Morgan fingerprint density at radius 1 is 1.11 bits per heavy atom. The van der Waals surface area contributed by atoms with Crippen LogP contribution in [0.1, 0.15) is 25.3 Å². The van der Waals surface area contributed by atoms with Crippen molar-refractivity contribution in [3.63, 3.8) is 0 Å². The lowest BCUT2D eigenvalue weighted by atomic mass is 9.82. The topological polar surface area (TPSA) is 66.5 Å². The molecular formula is C24H24F6N2O3S. The first-order valence-corrected chi connectivity index (χ1v) is 13.0. The van der Waals surface area contributed by atoms with Gasteiger partial charge in [0.2, 0.25) is 15.9 Å². The maximum atomic E-state index is 15.5. The smallest absolute Gasteiger partial charge is 0.283 e. The monoisotopic (exact) mass is 534 g/mol. The molecule has 4 rings (SSSR count). The molecule has 2 aliphatic rings. The second-order valence-electron chi connectivity index (χ2n) is 9.20. The molecule has 1 aliphatic carbocycles. The number of sulfonamides is 1. The predicted octanol–water partition coefficient (Wildman–Crippen LogP) is 4.22. The van der Waals surface area contributed by atoms with Gasteiger partial charge in [0, 0.05) is 17.5 Å². The number of hydrogen-bond donors (Lipinski definition) is 1. The molecule has 12 heteroatoms. The summed E-state index contributed by atoms with van der Waals surface area (Å²) in [4.78, 5) is 13.8. The highest BCUT2D eigenvalue weighted by Gasteiger charge is 2.58. The highest BCUT2D eigenvalue weighted by Crippen LogP contribution is 2.40. The molecule has 2 atom stereocenters. The Morgan fingerprint density at radius 3 is 2.33 bits per heavy atom. The van der Waals surface area contributed by atoms with Gasteiger partial charge in [-0.25, -0.2) is 39.5 Å². The summed E-state index contributed by atoms with van der Waals surface area (Å²) in [6.07, 6.45) is -2.00. The van der Waals surface area contributed by atoms with Crippen LogP contribution in [-0.4, -0.2) is 55.7 Å². The summed E-state index contributed by atoms with van der Waals surface area (Å²) in [5.41, 5.74) is -0.475. The van der Waals surface area contributed by atoms with E-state index in [4.69, 9.17) is 0 Å². The van der Waals surface area contributed by atoms with Crippen LogP contribution in [0.5, 0.6) is 0 Å². The van der Waals surface area contributed by atoms with Crippen LogP contribution in [0.15, 0.2) is 36.4 Å². The van der Waals surface area contributed by atoms with Gasteiger partial charge in [-0.1, -0.05) is 18.2 Å². The zero-order chi connectivity index (χ0) is 26.4. The Morgan fingerprint density at radius 2 is 1.75 bits per heavy atom. The maximum absolute atomic E-state index is 15.5. The van der Waals surface area contributed by atoms with E-state index in [1.807, 2.05) is 4.72 Å². The molecule has 0 radical (unpaired) electrons. The number of amides is 1. The summed E-state index contributed by atoms with van der Waals surface area (Å²) in [6, 6.07) is 2.78. The van der Waals surface area contributed by atoms with Crippen molar-refractivity contribution in [2.45, 2.75) is 50.4 Å². The minimum Gasteiger partial charge on any atom is -0.331 e. The number of nitrogens with one attached hydrogen (secondary N) is 1. The lowest BCUT2D eigenvalue weighted by molar-refractivity contribution is -0.142. The third-order valence-electron chi connectivity index (χ3n) is 6.70. The van der Waals surface area contributed by atoms with E-state index in [1.165, 1.54) is 25.1 Å². The predicted molar refractivity (Wildman–Crippen MR) is 120 cm³/mol. The summed E-state index contributed by atoms with van der Waals surface area (Å²) in [7, 11) is -4.14. The number of rotatable bonds is 7. The van der Waals surface area contributed by atoms with Crippen LogP contribution in [0.25, 0.3) is 11.1 Å². The van der Waals surface area contributed by atoms with Gasteiger partial charge in [0.05, 0.1) is 18.3 Å². The van der Waals surface area contributed by atoms with Crippen molar-refractivity contribution in [1.29, 1.82) is 0 Å². The highest BCUT2D eigenvalue weighted by atomic mass is 32.2. The van der Waals surface area contributed by atoms with Gasteiger partial charge in [-0.2, -0.15) is 0 Å². The number of likely N-dealkylation sites (tertiary alicyclic amines) is 1. The zero-order valence-electron chi connectivity index (χ0n) is 19.2. The van der Waals surface area contributed by atoms with Crippen molar-refractivity contribution in [3.05, 3.63) is 59.4 Å². The van der Waals surface area contributed by atoms with E-state index in [2.05, 4.69) is 0 Å². The molecule has 196 valence electrons. The molecule has 1 saturated heterocycles. The van der Waals surface area contributed by atoms with Gasteiger partial charge in [0.1, 0.15) is 29.7 Å². The largest absolute Gasteiger partial charge is 0.331 e. The Labute approximate surface area is 204 Å². The van der Waals surface area contributed by atoms with E-state index in [0.717, 1.165) is 17.0 Å². The number of alkyl halides is 3. The number of nitrogens with zero attached hydrogens (tertiary/aromatic N) is 1. The van der Waals surface area contributed by atoms with Gasteiger partial charge in [-0.3, -0.25) is 4.79 Å². The van der Waals surface area contributed by atoms with Crippen LogP contribution in [0.2, 0.25) is 0 Å². The Balaban J connectivity index is 1.72.